The highest BCUT2D eigenvalue weighted by atomic mass is 15.4. The van der Waals surface area contributed by atoms with Crippen LogP contribution in [0.5, 0.6) is 0 Å². The molecule has 92 valence electrons. The summed E-state index contributed by atoms with van der Waals surface area (Å²) < 4.78 is 1.49. The van der Waals surface area contributed by atoms with E-state index in [1.54, 1.807) is 6.20 Å². The van der Waals surface area contributed by atoms with Gasteiger partial charge in [-0.05, 0) is 25.1 Å². The monoisotopic (exact) mass is 242 g/mol. The first-order valence-corrected chi connectivity index (χ1v) is 5.76. The third kappa shape index (κ3) is 2.52. The van der Waals surface area contributed by atoms with Crippen molar-refractivity contribution < 1.29 is 0 Å². The average molecular weight is 242 g/mol. The molecular weight excluding hydrogens is 228 g/mol. The fourth-order valence-electron chi connectivity index (χ4n) is 1.64. The molecule has 1 atom stereocenters. The summed E-state index contributed by atoms with van der Waals surface area (Å²) in [5, 5.41) is 15.9. The Bertz CT molecular complexity index is 551. The summed E-state index contributed by atoms with van der Waals surface area (Å²) in [5.74, 6) is 0.790. The van der Waals surface area contributed by atoms with Crippen LogP contribution in [0.2, 0.25) is 0 Å². The lowest BCUT2D eigenvalue weighted by Crippen LogP contribution is -2.17. The summed E-state index contributed by atoms with van der Waals surface area (Å²) in [6.45, 7) is 5.07. The Morgan fingerprint density at radius 3 is 2.83 bits per heavy atom. The molecule has 2 aromatic rings. The molecule has 6 nitrogen and oxygen atoms in total. The highest BCUT2D eigenvalue weighted by Gasteiger charge is 2.06. The molecule has 1 unspecified atom stereocenters. The van der Waals surface area contributed by atoms with Gasteiger partial charge >= 0.3 is 0 Å². The van der Waals surface area contributed by atoms with Gasteiger partial charge in [-0.3, -0.25) is 0 Å². The first-order valence-electron chi connectivity index (χ1n) is 5.76. The van der Waals surface area contributed by atoms with E-state index >= 15 is 0 Å². The van der Waals surface area contributed by atoms with E-state index in [4.69, 9.17) is 5.26 Å². The highest BCUT2D eigenvalue weighted by Crippen LogP contribution is 2.12. The molecule has 0 aliphatic carbocycles. The molecule has 0 fully saturated rings. The van der Waals surface area contributed by atoms with Gasteiger partial charge in [-0.15, -0.1) is 5.10 Å². The molecule has 0 aliphatic rings. The Balaban J connectivity index is 2.19. The van der Waals surface area contributed by atoms with E-state index in [9.17, 15) is 0 Å². The minimum Gasteiger partial charge on any atom is -0.310 e. The van der Waals surface area contributed by atoms with Gasteiger partial charge < -0.3 is 5.32 Å². The standard InChI is InChI=1S/C12H14N6/c1-3-14-9(2)10-4-5-12(15-7-10)18-8-16-11(6-13)17-18/h4-5,7-9,14H,3H2,1-2H3. The summed E-state index contributed by atoms with van der Waals surface area (Å²) in [5.41, 5.74) is 1.11. The summed E-state index contributed by atoms with van der Waals surface area (Å²) in [7, 11) is 0. The Labute approximate surface area is 105 Å². The first kappa shape index (κ1) is 12.2. The maximum Gasteiger partial charge on any atom is 0.252 e. The Morgan fingerprint density at radius 1 is 1.44 bits per heavy atom. The molecule has 0 amide bonds. The zero-order valence-electron chi connectivity index (χ0n) is 10.3. The van der Waals surface area contributed by atoms with Gasteiger partial charge in [0, 0.05) is 12.2 Å². The number of nitrogens with one attached hydrogen (secondary N) is 1. The molecular formula is C12H14N6. The SMILES string of the molecule is CCNC(C)c1ccc(-n2cnc(C#N)n2)nc1. The third-order valence-corrected chi connectivity index (χ3v) is 2.61. The molecule has 0 bridgehead atoms. The van der Waals surface area contributed by atoms with Crippen molar-refractivity contribution in [1.29, 1.82) is 5.26 Å². The van der Waals surface area contributed by atoms with Crippen LogP contribution in [0.25, 0.3) is 5.82 Å². The number of hydrogen-bond acceptors (Lipinski definition) is 5. The van der Waals surface area contributed by atoms with Crippen molar-refractivity contribution in [3.05, 3.63) is 36.0 Å². The molecule has 0 spiro atoms. The fraction of sp³-hybridized carbons (Fsp3) is 0.333. The quantitative estimate of drug-likeness (QED) is 0.871. The van der Waals surface area contributed by atoms with Crippen LogP contribution in [0, 0.1) is 11.3 Å². The Hall–Kier alpha value is -2.26. The van der Waals surface area contributed by atoms with Gasteiger partial charge in [0.2, 0.25) is 0 Å². The lowest BCUT2D eigenvalue weighted by atomic mass is 10.1. The van der Waals surface area contributed by atoms with Crippen LogP contribution in [-0.2, 0) is 0 Å². The lowest BCUT2D eigenvalue weighted by Gasteiger charge is -2.12. The van der Waals surface area contributed by atoms with Crippen molar-refractivity contribution in [3.8, 4) is 11.9 Å². The van der Waals surface area contributed by atoms with Crippen molar-refractivity contribution in [2.45, 2.75) is 19.9 Å². The van der Waals surface area contributed by atoms with E-state index in [1.807, 2.05) is 18.2 Å². The van der Waals surface area contributed by atoms with E-state index in [0.29, 0.717) is 5.82 Å². The van der Waals surface area contributed by atoms with Crippen LogP contribution in [0.4, 0.5) is 0 Å². The molecule has 0 saturated heterocycles. The minimum absolute atomic E-state index is 0.141. The fourth-order valence-corrected chi connectivity index (χ4v) is 1.64. The first-order chi connectivity index (χ1) is 8.74. The second-order valence-corrected chi connectivity index (χ2v) is 3.85. The number of hydrogen-bond donors (Lipinski definition) is 1. The van der Waals surface area contributed by atoms with Crippen molar-refractivity contribution in [2.75, 3.05) is 6.54 Å². The molecule has 0 saturated carbocycles. The molecule has 6 heteroatoms. The van der Waals surface area contributed by atoms with Gasteiger partial charge in [-0.25, -0.2) is 14.6 Å². The summed E-state index contributed by atoms with van der Waals surface area (Å²) in [6.07, 6.45) is 3.28. The molecule has 0 radical (unpaired) electrons. The summed E-state index contributed by atoms with van der Waals surface area (Å²) in [4.78, 5) is 8.15. The van der Waals surface area contributed by atoms with Gasteiger partial charge in [-0.2, -0.15) is 5.26 Å². The maximum atomic E-state index is 8.66. The summed E-state index contributed by atoms with van der Waals surface area (Å²) >= 11 is 0. The second kappa shape index (κ2) is 5.38. The predicted octanol–water partition coefficient (Wildman–Crippen LogP) is 1.20. The Kier molecular flexibility index (Phi) is 3.65. The van der Waals surface area contributed by atoms with Gasteiger partial charge in [0.25, 0.3) is 5.82 Å². The van der Waals surface area contributed by atoms with Crippen molar-refractivity contribution in [1.82, 2.24) is 25.1 Å². The van der Waals surface area contributed by atoms with Crippen molar-refractivity contribution in [3.63, 3.8) is 0 Å². The molecule has 2 aromatic heterocycles. The molecule has 0 aromatic carbocycles. The average Bonchev–Trinajstić information content (AvgIpc) is 2.88. The van der Waals surface area contributed by atoms with Crippen LogP contribution >= 0.6 is 0 Å². The van der Waals surface area contributed by atoms with E-state index in [-0.39, 0.29) is 11.9 Å². The topological polar surface area (TPSA) is 79.4 Å². The van der Waals surface area contributed by atoms with Crippen molar-refractivity contribution >= 4 is 0 Å². The molecule has 0 aliphatic heterocycles. The summed E-state index contributed by atoms with van der Waals surface area (Å²) in [6, 6.07) is 6.00. The van der Waals surface area contributed by atoms with E-state index in [2.05, 4.69) is 34.2 Å². The van der Waals surface area contributed by atoms with Crippen LogP contribution in [0.15, 0.2) is 24.7 Å². The zero-order chi connectivity index (χ0) is 13.0. The second-order valence-electron chi connectivity index (χ2n) is 3.85. The third-order valence-electron chi connectivity index (χ3n) is 2.61. The van der Waals surface area contributed by atoms with E-state index in [0.717, 1.165) is 12.1 Å². The molecule has 2 rings (SSSR count). The largest absolute Gasteiger partial charge is 0.310 e. The van der Waals surface area contributed by atoms with Crippen LogP contribution in [0.3, 0.4) is 0 Å². The van der Waals surface area contributed by atoms with Gasteiger partial charge in [-0.1, -0.05) is 13.0 Å². The smallest absolute Gasteiger partial charge is 0.252 e. The Morgan fingerprint density at radius 2 is 2.28 bits per heavy atom. The maximum absolute atomic E-state index is 8.66. The van der Waals surface area contributed by atoms with Gasteiger partial charge in [0.1, 0.15) is 12.4 Å². The van der Waals surface area contributed by atoms with E-state index < -0.39 is 0 Å². The number of aromatic nitrogens is 4. The molecule has 18 heavy (non-hydrogen) atoms. The number of rotatable bonds is 4. The highest BCUT2D eigenvalue weighted by molar-refractivity contribution is 5.26. The van der Waals surface area contributed by atoms with Gasteiger partial charge in [0.15, 0.2) is 5.82 Å². The molecule has 2 heterocycles. The number of nitriles is 1. The molecule has 1 N–H and O–H groups in total. The van der Waals surface area contributed by atoms with Gasteiger partial charge in [0.05, 0.1) is 0 Å². The van der Waals surface area contributed by atoms with E-state index in [1.165, 1.54) is 11.0 Å². The predicted molar refractivity (Wildman–Crippen MR) is 66.0 cm³/mol. The number of pyridine rings is 1. The minimum atomic E-state index is 0.141. The zero-order valence-corrected chi connectivity index (χ0v) is 10.3. The van der Waals surface area contributed by atoms with Crippen LogP contribution in [0.1, 0.15) is 31.3 Å². The normalized spacial score (nSPS) is 12.1. The van der Waals surface area contributed by atoms with Crippen molar-refractivity contribution in [2.24, 2.45) is 0 Å². The van der Waals surface area contributed by atoms with Crippen LogP contribution < -0.4 is 5.32 Å². The van der Waals surface area contributed by atoms with Crippen LogP contribution in [-0.4, -0.2) is 26.3 Å². The lowest BCUT2D eigenvalue weighted by molar-refractivity contribution is 0.595. The number of nitrogens with zero attached hydrogens (tertiary/aromatic N) is 5.